The van der Waals surface area contributed by atoms with Gasteiger partial charge in [-0.15, -0.1) is 0 Å². The summed E-state index contributed by atoms with van der Waals surface area (Å²) in [5.74, 6) is 0.901. The lowest BCUT2D eigenvalue weighted by Crippen LogP contribution is -1.84. The average Bonchev–Trinajstić information content (AvgIpc) is 2.87. The van der Waals surface area contributed by atoms with E-state index in [1.165, 1.54) is 5.56 Å². The zero-order valence-corrected chi connectivity index (χ0v) is 7.91. The Hall–Kier alpha value is -0.670. The molecule has 1 aliphatic heterocycles. The van der Waals surface area contributed by atoms with Gasteiger partial charge in [0.2, 0.25) is 0 Å². The molecule has 2 rings (SSSR count). The highest BCUT2D eigenvalue weighted by molar-refractivity contribution is 7.59. The number of hydrogen-bond donors (Lipinski definition) is 0. The van der Waals surface area contributed by atoms with Gasteiger partial charge in [0.1, 0.15) is 11.9 Å². The quantitative estimate of drug-likeness (QED) is 0.655. The zero-order chi connectivity index (χ0) is 7.68. The van der Waals surface area contributed by atoms with Crippen LogP contribution in [0.4, 0.5) is 0 Å². The molecule has 0 amide bonds. The van der Waals surface area contributed by atoms with Crippen LogP contribution in [0.2, 0.25) is 0 Å². The summed E-state index contributed by atoms with van der Waals surface area (Å²) in [5.41, 5.74) is 1.21. The van der Waals surface area contributed by atoms with Gasteiger partial charge < -0.3 is 9.47 Å². The first kappa shape index (κ1) is 9.42. The first-order chi connectivity index (χ1) is 5.40. The molecule has 0 saturated carbocycles. The molecule has 1 atom stereocenters. The zero-order valence-electron chi connectivity index (χ0n) is 6.91. The number of ether oxygens (including phenoxy) is 2. The first-order valence-corrected chi connectivity index (χ1v) is 3.66. The van der Waals surface area contributed by atoms with Gasteiger partial charge in [0.25, 0.3) is 0 Å². The van der Waals surface area contributed by atoms with Crippen molar-refractivity contribution >= 4 is 13.5 Å². The maximum atomic E-state index is 5.14. The monoisotopic (exact) mass is 184 g/mol. The molecule has 1 aromatic carbocycles. The Morgan fingerprint density at radius 3 is 2.83 bits per heavy atom. The van der Waals surface area contributed by atoms with Crippen LogP contribution in [0.1, 0.15) is 11.7 Å². The fourth-order valence-corrected chi connectivity index (χ4v) is 1.08. The maximum Gasteiger partial charge on any atom is 0.119 e. The molecule has 1 aliphatic rings. The highest BCUT2D eigenvalue weighted by Crippen LogP contribution is 2.31. The van der Waals surface area contributed by atoms with E-state index in [2.05, 4.69) is 6.07 Å². The minimum Gasteiger partial charge on any atom is -0.497 e. The van der Waals surface area contributed by atoms with Crippen LogP contribution in [0.3, 0.4) is 0 Å². The van der Waals surface area contributed by atoms with Crippen molar-refractivity contribution in [3.05, 3.63) is 29.8 Å². The topological polar surface area (TPSA) is 21.8 Å². The molecule has 0 unspecified atom stereocenters. The third-order valence-corrected chi connectivity index (χ3v) is 1.80. The van der Waals surface area contributed by atoms with E-state index in [0.717, 1.165) is 12.4 Å². The molecular weight excluding hydrogens is 172 g/mol. The fraction of sp³-hybridized carbons (Fsp3) is 0.333. The first-order valence-electron chi connectivity index (χ1n) is 3.66. The molecule has 1 heterocycles. The highest BCUT2D eigenvalue weighted by Gasteiger charge is 2.24. The summed E-state index contributed by atoms with van der Waals surface area (Å²) in [7, 11) is 1.67. The van der Waals surface area contributed by atoms with Crippen molar-refractivity contribution in [3.8, 4) is 5.75 Å². The lowest BCUT2D eigenvalue weighted by molar-refractivity contribution is 0.404. The molecule has 1 saturated heterocycles. The summed E-state index contributed by atoms with van der Waals surface area (Å²) in [6.45, 7) is 0.854. The van der Waals surface area contributed by atoms with Crippen LogP contribution < -0.4 is 4.74 Å². The largest absolute Gasteiger partial charge is 0.497 e. The van der Waals surface area contributed by atoms with Crippen LogP contribution in [0.25, 0.3) is 0 Å². The van der Waals surface area contributed by atoms with Crippen LogP contribution in [-0.4, -0.2) is 13.7 Å². The Labute approximate surface area is 78.9 Å². The Bertz CT molecular complexity index is 258. The number of hydrogen-bond acceptors (Lipinski definition) is 2. The third-order valence-electron chi connectivity index (χ3n) is 1.80. The fourth-order valence-electron chi connectivity index (χ4n) is 1.08. The van der Waals surface area contributed by atoms with Gasteiger partial charge in [0.05, 0.1) is 13.7 Å². The second-order valence-electron chi connectivity index (χ2n) is 2.60. The van der Waals surface area contributed by atoms with Crippen molar-refractivity contribution in [2.75, 3.05) is 13.7 Å². The van der Waals surface area contributed by atoms with Crippen molar-refractivity contribution in [1.29, 1.82) is 0 Å². The molecule has 66 valence electrons. The molecule has 12 heavy (non-hydrogen) atoms. The van der Waals surface area contributed by atoms with Gasteiger partial charge >= 0.3 is 0 Å². The molecule has 0 aromatic heterocycles. The van der Waals surface area contributed by atoms with E-state index in [0.29, 0.717) is 6.10 Å². The van der Waals surface area contributed by atoms with Crippen LogP contribution in [0, 0.1) is 0 Å². The van der Waals surface area contributed by atoms with Gasteiger partial charge in [-0.2, -0.15) is 13.5 Å². The van der Waals surface area contributed by atoms with E-state index in [9.17, 15) is 0 Å². The molecule has 2 nitrogen and oxygen atoms in total. The maximum absolute atomic E-state index is 5.14. The van der Waals surface area contributed by atoms with Crippen molar-refractivity contribution in [1.82, 2.24) is 0 Å². The molecular formula is C9H12O2S. The highest BCUT2D eigenvalue weighted by atomic mass is 32.1. The SMILES string of the molecule is COc1cccc([C@H]2CO2)c1.S. The predicted octanol–water partition coefficient (Wildman–Crippen LogP) is 1.88. The number of methoxy groups -OCH3 is 1. The van der Waals surface area contributed by atoms with Gasteiger partial charge in [-0.3, -0.25) is 0 Å². The van der Waals surface area contributed by atoms with E-state index < -0.39 is 0 Å². The molecule has 0 bridgehead atoms. The average molecular weight is 184 g/mol. The molecule has 1 fully saturated rings. The number of benzene rings is 1. The number of epoxide rings is 1. The summed E-state index contributed by atoms with van der Waals surface area (Å²) in [5, 5.41) is 0. The van der Waals surface area contributed by atoms with E-state index in [1.807, 2.05) is 18.2 Å². The minimum absolute atomic E-state index is 0. The van der Waals surface area contributed by atoms with Crippen LogP contribution in [0.5, 0.6) is 5.75 Å². The summed E-state index contributed by atoms with van der Waals surface area (Å²) < 4.78 is 10.2. The molecule has 0 N–H and O–H groups in total. The predicted molar refractivity (Wildman–Crippen MR) is 52.1 cm³/mol. The van der Waals surface area contributed by atoms with Crippen molar-refractivity contribution in [2.45, 2.75) is 6.10 Å². The van der Waals surface area contributed by atoms with E-state index in [-0.39, 0.29) is 13.5 Å². The number of rotatable bonds is 2. The second-order valence-corrected chi connectivity index (χ2v) is 2.60. The Morgan fingerprint density at radius 2 is 2.25 bits per heavy atom. The van der Waals surface area contributed by atoms with E-state index in [1.54, 1.807) is 7.11 Å². The lowest BCUT2D eigenvalue weighted by Gasteiger charge is -2.00. The Morgan fingerprint density at radius 1 is 1.50 bits per heavy atom. The molecule has 0 aliphatic carbocycles. The molecule has 3 heteroatoms. The van der Waals surface area contributed by atoms with Gasteiger partial charge in [0, 0.05) is 0 Å². The van der Waals surface area contributed by atoms with Crippen LogP contribution in [0.15, 0.2) is 24.3 Å². The van der Waals surface area contributed by atoms with Crippen molar-refractivity contribution < 1.29 is 9.47 Å². The second kappa shape index (κ2) is 3.83. The summed E-state index contributed by atoms with van der Waals surface area (Å²) >= 11 is 0. The molecule has 0 radical (unpaired) electrons. The Kier molecular flexibility index (Phi) is 3.00. The van der Waals surface area contributed by atoms with Gasteiger partial charge in [-0.1, -0.05) is 12.1 Å². The van der Waals surface area contributed by atoms with Gasteiger partial charge in [-0.05, 0) is 17.7 Å². The van der Waals surface area contributed by atoms with Gasteiger partial charge in [0.15, 0.2) is 0 Å². The van der Waals surface area contributed by atoms with Crippen LogP contribution >= 0.6 is 13.5 Å². The standard InChI is InChI=1S/C9H10O2.H2S/c1-10-8-4-2-3-7(5-8)9-6-11-9;/h2-5,9H,6H2,1H3;1H2/t9-;/m1./s1. The van der Waals surface area contributed by atoms with Crippen molar-refractivity contribution in [2.24, 2.45) is 0 Å². The molecule has 1 aromatic rings. The van der Waals surface area contributed by atoms with Gasteiger partial charge in [-0.25, -0.2) is 0 Å². The smallest absolute Gasteiger partial charge is 0.119 e. The summed E-state index contributed by atoms with van der Waals surface area (Å²) in [6, 6.07) is 7.99. The van der Waals surface area contributed by atoms with Crippen LogP contribution in [-0.2, 0) is 4.74 Å². The van der Waals surface area contributed by atoms with Crippen molar-refractivity contribution in [3.63, 3.8) is 0 Å². The summed E-state index contributed by atoms with van der Waals surface area (Å²) in [4.78, 5) is 0. The third kappa shape index (κ3) is 1.93. The van der Waals surface area contributed by atoms with E-state index in [4.69, 9.17) is 9.47 Å². The summed E-state index contributed by atoms with van der Waals surface area (Å²) in [6.07, 6.45) is 0.324. The lowest BCUT2D eigenvalue weighted by atomic mass is 10.1. The Balaban J connectivity index is 0.000000720. The minimum atomic E-state index is 0. The normalized spacial score (nSPS) is 19.6. The molecule has 0 spiro atoms. The van der Waals surface area contributed by atoms with E-state index >= 15 is 0 Å².